The molecule has 0 amide bonds. The van der Waals surface area contributed by atoms with E-state index in [0.29, 0.717) is 0 Å². The van der Waals surface area contributed by atoms with E-state index in [9.17, 15) is 0 Å². The van der Waals surface area contributed by atoms with E-state index in [2.05, 4.69) is 26.2 Å². The number of benzene rings is 1. The molecule has 1 N–H and O–H groups in total. The summed E-state index contributed by atoms with van der Waals surface area (Å²) < 4.78 is 6.78. The van der Waals surface area contributed by atoms with Gasteiger partial charge in [-0.15, -0.1) is 0 Å². The Kier molecular flexibility index (Phi) is 4.48. The molecular weight excluding hydrogens is 352 g/mol. The number of likely N-dealkylation sites (N-methyl/N-ethyl adjacent to an activating group) is 1. The van der Waals surface area contributed by atoms with Gasteiger partial charge in [0.2, 0.25) is 0 Å². The molecule has 1 aromatic carbocycles. The van der Waals surface area contributed by atoms with Crippen molar-refractivity contribution in [1.29, 1.82) is 0 Å². The molecule has 1 unspecified atom stereocenters. The Morgan fingerprint density at radius 1 is 1.48 bits per heavy atom. The molecule has 2 heterocycles. The molecule has 1 atom stereocenters. The van der Waals surface area contributed by atoms with Crippen molar-refractivity contribution in [3.05, 3.63) is 56.8 Å². The van der Waals surface area contributed by atoms with E-state index in [-0.39, 0.29) is 6.04 Å². The fourth-order valence-electron chi connectivity index (χ4n) is 2.71. The normalized spacial score (nSPS) is 14.6. The lowest BCUT2D eigenvalue weighted by Gasteiger charge is -2.18. The Morgan fingerprint density at radius 3 is 3.10 bits per heavy atom. The van der Waals surface area contributed by atoms with Crippen LogP contribution in [0.15, 0.2) is 34.9 Å². The first-order chi connectivity index (χ1) is 10.2. The Morgan fingerprint density at radius 2 is 2.33 bits per heavy atom. The van der Waals surface area contributed by atoms with Crippen LogP contribution in [0.1, 0.15) is 22.9 Å². The van der Waals surface area contributed by atoms with Crippen molar-refractivity contribution in [3.8, 4) is 5.75 Å². The number of aromatic nitrogens is 1. The molecule has 3 nitrogen and oxygen atoms in total. The molecule has 0 spiro atoms. The summed E-state index contributed by atoms with van der Waals surface area (Å²) in [6.07, 6.45) is 3.53. The minimum Gasteiger partial charge on any atom is -0.493 e. The zero-order chi connectivity index (χ0) is 14.8. The Labute approximate surface area is 137 Å². The van der Waals surface area contributed by atoms with Crippen molar-refractivity contribution in [1.82, 2.24) is 10.3 Å². The van der Waals surface area contributed by atoms with E-state index in [4.69, 9.17) is 16.3 Å². The van der Waals surface area contributed by atoms with Crippen LogP contribution in [0.25, 0.3) is 0 Å². The van der Waals surface area contributed by atoms with Crippen LogP contribution in [0.5, 0.6) is 5.75 Å². The molecule has 2 aromatic rings. The van der Waals surface area contributed by atoms with E-state index in [1.807, 2.05) is 37.5 Å². The van der Waals surface area contributed by atoms with E-state index < -0.39 is 0 Å². The molecule has 3 rings (SSSR count). The second kappa shape index (κ2) is 6.34. The largest absolute Gasteiger partial charge is 0.493 e. The molecule has 1 aliphatic heterocycles. The number of ether oxygens (including phenoxy) is 1. The molecule has 0 saturated heterocycles. The van der Waals surface area contributed by atoms with Crippen LogP contribution in [0.2, 0.25) is 5.02 Å². The summed E-state index contributed by atoms with van der Waals surface area (Å²) in [5.41, 5.74) is 3.33. The highest BCUT2D eigenvalue weighted by molar-refractivity contribution is 9.10. The van der Waals surface area contributed by atoms with Crippen molar-refractivity contribution in [2.24, 2.45) is 0 Å². The lowest BCUT2D eigenvalue weighted by molar-refractivity contribution is 0.352. The number of nitrogens with one attached hydrogen (secondary N) is 1. The number of halogens is 2. The van der Waals surface area contributed by atoms with Crippen molar-refractivity contribution in [3.63, 3.8) is 0 Å². The highest BCUT2D eigenvalue weighted by atomic mass is 79.9. The molecule has 0 saturated carbocycles. The molecule has 1 aromatic heterocycles. The molecule has 0 radical (unpaired) electrons. The second-order valence-electron chi connectivity index (χ2n) is 5.07. The maximum atomic E-state index is 6.23. The van der Waals surface area contributed by atoms with Crippen LogP contribution < -0.4 is 10.1 Å². The second-order valence-corrected chi connectivity index (χ2v) is 6.36. The molecule has 0 bridgehead atoms. The summed E-state index contributed by atoms with van der Waals surface area (Å²) in [6, 6.07) is 8.02. The van der Waals surface area contributed by atoms with Gasteiger partial charge < -0.3 is 10.1 Å². The van der Waals surface area contributed by atoms with Crippen molar-refractivity contribution in [2.75, 3.05) is 13.7 Å². The summed E-state index contributed by atoms with van der Waals surface area (Å²) >= 11 is 9.80. The van der Waals surface area contributed by atoms with Gasteiger partial charge in [0.15, 0.2) is 0 Å². The van der Waals surface area contributed by atoms with Gasteiger partial charge in [0.1, 0.15) is 5.75 Å². The average Bonchev–Trinajstić information content (AvgIpc) is 2.93. The number of fused-ring (bicyclic) bond motifs is 1. The zero-order valence-corrected chi connectivity index (χ0v) is 14.0. The van der Waals surface area contributed by atoms with Crippen LogP contribution in [0, 0.1) is 0 Å². The maximum Gasteiger partial charge on any atom is 0.125 e. The number of rotatable bonds is 4. The third kappa shape index (κ3) is 3.07. The average molecular weight is 368 g/mol. The fourth-order valence-corrected chi connectivity index (χ4v) is 3.50. The van der Waals surface area contributed by atoms with Gasteiger partial charge in [-0.1, -0.05) is 11.6 Å². The summed E-state index contributed by atoms with van der Waals surface area (Å²) in [4.78, 5) is 4.48. The quantitative estimate of drug-likeness (QED) is 0.889. The first-order valence-electron chi connectivity index (χ1n) is 6.91. The number of pyridine rings is 1. The van der Waals surface area contributed by atoms with E-state index in [1.165, 1.54) is 5.56 Å². The van der Waals surface area contributed by atoms with Crippen molar-refractivity contribution < 1.29 is 4.74 Å². The predicted molar refractivity (Wildman–Crippen MR) is 88.1 cm³/mol. The Hall–Kier alpha value is -1.10. The summed E-state index contributed by atoms with van der Waals surface area (Å²) in [7, 11) is 1.94. The minimum absolute atomic E-state index is 0.104. The van der Waals surface area contributed by atoms with Crippen LogP contribution in [0.3, 0.4) is 0 Å². The van der Waals surface area contributed by atoms with Crippen LogP contribution in [-0.4, -0.2) is 18.6 Å². The molecule has 5 heteroatoms. The molecule has 0 aliphatic carbocycles. The van der Waals surface area contributed by atoms with Gasteiger partial charge >= 0.3 is 0 Å². The third-order valence-electron chi connectivity index (χ3n) is 3.71. The minimum atomic E-state index is 0.104. The van der Waals surface area contributed by atoms with Gasteiger partial charge in [-0.2, -0.15) is 0 Å². The van der Waals surface area contributed by atoms with Crippen molar-refractivity contribution >= 4 is 27.5 Å². The van der Waals surface area contributed by atoms with Gasteiger partial charge in [0.05, 0.1) is 18.3 Å². The van der Waals surface area contributed by atoms with Crippen LogP contribution in [0.4, 0.5) is 0 Å². The number of hydrogen-bond donors (Lipinski definition) is 1. The standard InChI is InChI=1S/C16H16BrClN2O/c1-19-14(15-13(17)3-2-5-20-15)9-11-8-12(18)7-10-4-6-21-16(10)11/h2-3,5,7-8,14,19H,4,6,9H2,1H3. The van der Waals surface area contributed by atoms with Gasteiger partial charge in [-0.25, -0.2) is 0 Å². The third-order valence-corrected chi connectivity index (χ3v) is 4.60. The van der Waals surface area contributed by atoms with Crippen LogP contribution in [-0.2, 0) is 12.8 Å². The maximum absolute atomic E-state index is 6.23. The Balaban J connectivity index is 1.94. The van der Waals surface area contributed by atoms with Crippen LogP contribution >= 0.6 is 27.5 Å². The van der Waals surface area contributed by atoms with Gasteiger partial charge in [0.25, 0.3) is 0 Å². The van der Waals surface area contributed by atoms with Crippen molar-refractivity contribution in [2.45, 2.75) is 18.9 Å². The smallest absolute Gasteiger partial charge is 0.125 e. The lowest BCUT2D eigenvalue weighted by atomic mass is 9.99. The fraction of sp³-hybridized carbons (Fsp3) is 0.312. The predicted octanol–water partition coefficient (Wildman–Crippen LogP) is 3.94. The summed E-state index contributed by atoms with van der Waals surface area (Å²) in [5.74, 6) is 0.992. The SMILES string of the molecule is CNC(Cc1cc(Cl)cc2c1OCC2)c1ncccc1Br. The lowest BCUT2D eigenvalue weighted by Crippen LogP contribution is -2.20. The summed E-state index contributed by atoms with van der Waals surface area (Å²) in [5, 5.41) is 4.09. The first-order valence-corrected chi connectivity index (χ1v) is 8.08. The monoisotopic (exact) mass is 366 g/mol. The van der Waals surface area contributed by atoms with E-state index in [1.54, 1.807) is 0 Å². The summed E-state index contributed by atoms with van der Waals surface area (Å²) in [6.45, 7) is 0.736. The highest BCUT2D eigenvalue weighted by Gasteiger charge is 2.22. The van der Waals surface area contributed by atoms with Gasteiger partial charge in [0, 0.05) is 22.1 Å². The molecular formula is C16H16BrClN2O. The van der Waals surface area contributed by atoms with Gasteiger partial charge in [-0.3, -0.25) is 4.98 Å². The number of nitrogens with zero attached hydrogens (tertiary/aromatic N) is 1. The molecule has 1 aliphatic rings. The molecule has 21 heavy (non-hydrogen) atoms. The van der Waals surface area contributed by atoms with Gasteiger partial charge in [-0.05, 0) is 64.8 Å². The Bertz CT molecular complexity index is 663. The van der Waals surface area contributed by atoms with E-state index >= 15 is 0 Å². The highest BCUT2D eigenvalue weighted by Crippen LogP contribution is 2.35. The molecule has 110 valence electrons. The van der Waals surface area contributed by atoms with E-state index in [0.717, 1.165) is 46.0 Å². The topological polar surface area (TPSA) is 34.1 Å². The molecule has 0 fully saturated rings. The first kappa shape index (κ1) is 14.8. The zero-order valence-electron chi connectivity index (χ0n) is 11.7. The number of hydrogen-bond acceptors (Lipinski definition) is 3.